The topological polar surface area (TPSA) is 40.7 Å². The Morgan fingerprint density at radius 2 is 2.12 bits per heavy atom. The normalized spacial score (nSPS) is 20.6. The molecule has 0 aromatic carbocycles. The van der Waals surface area contributed by atoms with Crippen LogP contribution in [0, 0.1) is 5.92 Å². The van der Waals surface area contributed by atoms with Gasteiger partial charge >= 0.3 is 0 Å². The van der Waals surface area contributed by atoms with Crippen LogP contribution >= 0.6 is 0 Å². The third kappa shape index (κ3) is 3.34. The van der Waals surface area contributed by atoms with Crippen LogP contribution in [-0.4, -0.2) is 16.0 Å². The van der Waals surface area contributed by atoms with E-state index in [1.54, 1.807) is 6.33 Å². The molecule has 1 aliphatic carbocycles. The maximum Gasteiger partial charge on any atom is 0.0922 e. The van der Waals surface area contributed by atoms with Crippen molar-refractivity contribution in [3.8, 4) is 0 Å². The first-order valence-electron chi connectivity index (χ1n) is 6.57. The van der Waals surface area contributed by atoms with Gasteiger partial charge in [0.2, 0.25) is 0 Å². The van der Waals surface area contributed by atoms with E-state index in [1.807, 2.05) is 6.20 Å². The molecule has 2 rings (SSSR count). The van der Waals surface area contributed by atoms with E-state index in [4.69, 9.17) is 0 Å². The summed E-state index contributed by atoms with van der Waals surface area (Å²) in [6.45, 7) is 3.24. The lowest BCUT2D eigenvalue weighted by Gasteiger charge is -2.23. The van der Waals surface area contributed by atoms with Crippen molar-refractivity contribution in [1.82, 2.24) is 15.3 Å². The fraction of sp³-hybridized carbons (Fsp3) is 0.769. The summed E-state index contributed by atoms with van der Waals surface area (Å²) in [7, 11) is 0. The molecule has 0 unspecified atom stereocenters. The van der Waals surface area contributed by atoms with Gasteiger partial charge in [0.1, 0.15) is 0 Å². The fourth-order valence-corrected chi connectivity index (χ4v) is 2.63. The Hall–Kier alpha value is -0.830. The predicted molar refractivity (Wildman–Crippen MR) is 66.1 cm³/mol. The average Bonchev–Trinajstić information content (AvgIpc) is 2.66. The van der Waals surface area contributed by atoms with Crippen molar-refractivity contribution in [2.75, 3.05) is 0 Å². The number of imidazole rings is 1. The molecule has 1 aromatic rings. The summed E-state index contributed by atoms with van der Waals surface area (Å²) in [5.74, 6) is 0.866. The van der Waals surface area contributed by atoms with Crippen LogP contribution in [0.25, 0.3) is 0 Å². The van der Waals surface area contributed by atoms with E-state index in [2.05, 4.69) is 22.2 Å². The minimum atomic E-state index is 0.626. The molecule has 0 aliphatic heterocycles. The SMILES string of the molecule is C[C@@H](NCc1cnc[nH]1)C1CCCCCC1. The number of hydrogen-bond donors (Lipinski definition) is 2. The Labute approximate surface area is 98.1 Å². The molecule has 0 saturated heterocycles. The second kappa shape index (κ2) is 6.04. The molecule has 1 aromatic heterocycles. The second-order valence-corrected chi connectivity index (χ2v) is 5.00. The lowest BCUT2D eigenvalue weighted by Crippen LogP contribution is -2.33. The molecular weight excluding hydrogens is 198 g/mol. The summed E-state index contributed by atoms with van der Waals surface area (Å²) in [6.07, 6.45) is 12.1. The molecule has 16 heavy (non-hydrogen) atoms. The van der Waals surface area contributed by atoms with Gasteiger partial charge in [-0.1, -0.05) is 25.7 Å². The number of hydrogen-bond acceptors (Lipinski definition) is 2. The first-order valence-corrected chi connectivity index (χ1v) is 6.57. The molecular formula is C13H23N3. The van der Waals surface area contributed by atoms with Crippen LogP contribution in [0.3, 0.4) is 0 Å². The fourth-order valence-electron chi connectivity index (χ4n) is 2.63. The van der Waals surface area contributed by atoms with Gasteiger partial charge in [-0.25, -0.2) is 4.98 Å². The van der Waals surface area contributed by atoms with Crippen molar-refractivity contribution >= 4 is 0 Å². The Morgan fingerprint density at radius 3 is 2.75 bits per heavy atom. The zero-order valence-electron chi connectivity index (χ0n) is 10.2. The third-order valence-electron chi connectivity index (χ3n) is 3.78. The predicted octanol–water partition coefficient (Wildman–Crippen LogP) is 2.86. The summed E-state index contributed by atoms with van der Waals surface area (Å²) in [6, 6.07) is 0.626. The molecule has 3 heteroatoms. The van der Waals surface area contributed by atoms with Crippen molar-refractivity contribution in [2.45, 2.75) is 58.0 Å². The highest BCUT2D eigenvalue weighted by molar-refractivity contribution is 4.94. The van der Waals surface area contributed by atoms with Crippen LogP contribution in [0.15, 0.2) is 12.5 Å². The molecule has 0 spiro atoms. The van der Waals surface area contributed by atoms with Gasteiger partial charge in [-0.3, -0.25) is 0 Å². The van der Waals surface area contributed by atoms with Gasteiger partial charge in [0.15, 0.2) is 0 Å². The zero-order valence-corrected chi connectivity index (χ0v) is 10.2. The first-order chi connectivity index (χ1) is 7.86. The third-order valence-corrected chi connectivity index (χ3v) is 3.78. The Bertz CT molecular complexity index is 273. The molecule has 1 aliphatic rings. The van der Waals surface area contributed by atoms with E-state index in [-0.39, 0.29) is 0 Å². The number of nitrogens with zero attached hydrogens (tertiary/aromatic N) is 1. The molecule has 0 amide bonds. The van der Waals surface area contributed by atoms with Gasteiger partial charge in [0.25, 0.3) is 0 Å². The highest BCUT2D eigenvalue weighted by Gasteiger charge is 2.18. The summed E-state index contributed by atoms with van der Waals surface area (Å²) in [5, 5.41) is 3.61. The van der Waals surface area contributed by atoms with E-state index < -0.39 is 0 Å². The van der Waals surface area contributed by atoms with Crippen LogP contribution in [0.1, 0.15) is 51.1 Å². The number of H-pyrrole nitrogens is 1. The Kier molecular flexibility index (Phi) is 4.40. The molecule has 90 valence electrons. The minimum Gasteiger partial charge on any atom is -0.347 e. The monoisotopic (exact) mass is 221 g/mol. The van der Waals surface area contributed by atoms with Crippen LogP contribution in [0.5, 0.6) is 0 Å². The highest BCUT2D eigenvalue weighted by Crippen LogP contribution is 2.25. The summed E-state index contributed by atoms with van der Waals surface area (Å²) in [5.41, 5.74) is 1.18. The average molecular weight is 221 g/mol. The second-order valence-electron chi connectivity index (χ2n) is 5.00. The smallest absolute Gasteiger partial charge is 0.0922 e. The molecule has 2 N–H and O–H groups in total. The van der Waals surface area contributed by atoms with Crippen molar-refractivity contribution in [3.05, 3.63) is 18.2 Å². The van der Waals surface area contributed by atoms with Crippen molar-refractivity contribution < 1.29 is 0 Å². The van der Waals surface area contributed by atoms with Crippen molar-refractivity contribution in [3.63, 3.8) is 0 Å². The Balaban J connectivity index is 1.75. The summed E-state index contributed by atoms with van der Waals surface area (Å²) >= 11 is 0. The largest absolute Gasteiger partial charge is 0.347 e. The quantitative estimate of drug-likeness (QED) is 0.768. The highest BCUT2D eigenvalue weighted by atomic mass is 15.0. The van der Waals surface area contributed by atoms with Crippen molar-refractivity contribution in [1.29, 1.82) is 0 Å². The lowest BCUT2D eigenvalue weighted by atomic mass is 9.93. The molecule has 3 nitrogen and oxygen atoms in total. The van der Waals surface area contributed by atoms with Gasteiger partial charge in [-0.15, -0.1) is 0 Å². The standard InChI is InChI=1S/C13H23N3/c1-11(12-6-4-2-3-5-7-12)15-9-13-8-14-10-16-13/h8,10-12,15H,2-7,9H2,1H3,(H,14,16)/t11-/m1/s1. The molecule has 0 bridgehead atoms. The van der Waals surface area contributed by atoms with Crippen LogP contribution in [0.2, 0.25) is 0 Å². The molecule has 1 saturated carbocycles. The van der Waals surface area contributed by atoms with E-state index in [0.29, 0.717) is 6.04 Å². The van der Waals surface area contributed by atoms with Crippen LogP contribution in [-0.2, 0) is 6.54 Å². The molecule has 1 fully saturated rings. The lowest BCUT2D eigenvalue weighted by molar-refractivity contribution is 0.336. The molecule has 1 atom stereocenters. The minimum absolute atomic E-state index is 0.626. The van der Waals surface area contributed by atoms with Gasteiger partial charge < -0.3 is 10.3 Å². The van der Waals surface area contributed by atoms with E-state index in [0.717, 1.165) is 12.5 Å². The van der Waals surface area contributed by atoms with Gasteiger partial charge in [0.05, 0.1) is 6.33 Å². The van der Waals surface area contributed by atoms with E-state index >= 15 is 0 Å². The Morgan fingerprint density at radius 1 is 1.38 bits per heavy atom. The van der Waals surface area contributed by atoms with Crippen LogP contribution in [0.4, 0.5) is 0 Å². The van der Waals surface area contributed by atoms with E-state index in [1.165, 1.54) is 44.2 Å². The van der Waals surface area contributed by atoms with Gasteiger partial charge in [-0.05, 0) is 25.7 Å². The van der Waals surface area contributed by atoms with Gasteiger partial charge in [0, 0.05) is 24.5 Å². The zero-order chi connectivity index (χ0) is 11.2. The number of rotatable bonds is 4. The number of nitrogens with one attached hydrogen (secondary N) is 2. The maximum absolute atomic E-state index is 4.03. The van der Waals surface area contributed by atoms with Gasteiger partial charge in [-0.2, -0.15) is 0 Å². The number of aromatic amines is 1. The molecule has 0 radical (unpaired) electrons. The molecule has 1 heterocycles. The number of aromatic nitrogens is 2. The first kappa shape index (κ1) is 11.6. The summed E-state index contributed by atoms with van der Waals surface area (Å²) in [4.78, 5) is 7.17. The van der Waals surface area contributed by atoms with E-state index in [9.17, 15) is 0 Å². The van der Waals surface area contributed by atoms with Crippen LogP contribution < -0.4 is 5.32 Å². The maximum atomic E-state index is 4.03. The summed E-state index contributed by atoms with van der Waals surface area (Å²) < 4.78 is 0. The van der Waals surface area contributed by atoms with Crippen molar-refractivity contribution in [2.24, 2.45) is 5.92 Å².